The number of carbonyl (C=O) groups is 1. The molecule has 0 unspecified atom stereocenters. The third-order valence-electron chi connectivity index (χ3n) is 3.22. The van der Waals surface area contributed by atoms with Crippen LogP contribution in [0, 0.1) is 0 Å². The lowest BCUT2D eigenvalue weighted by Crippen LogP contribution is -2.42. The van der Waals surface area contributed by atoms with Crippen molar-refractivity contribution in [1.82, 2.24) is 14.9 Å². The van der Waals surface area contributed by atoms with E-state index in [9.17, 15) is 4.79 Å². The van der Waals surface area contributed by atoms with E-state index in [1.54, 1.807) is 4.90 Å². The Morgan fingerprint density at radius 3 is 2.91 bits per heavy atom. The van der Waals surface area contributed by atoms with Crippen LogP contribution in [-0.2, 0) is 4.74 Å². The number of aromatic nitrogens is 2. The molecule has 1 atom stereocenters. The van der Waals surface area contributed by atoms with Gasteiger partial charge in [-0.1, -0.05) is 11.6 Å². The van der Waals surface area contributed by atoms with Crippen LogP contribution in [0.3, 0.4) is 0 Å². The van der Waals surface area contributed by atoms with Crippen molar-refractivity contribution in [3.05, 3.63) is 16.5 Å². The number of nitrogens with one attached hydrogen (secondary N) is 1. The highest BCUT2D eigenvalue weighted by atomic mass is 35.5. The maximum absolute atomic E-state index is 12.2. The van der Waals surface area contributed by atoms with Crippen molar-refractivity contribution in [3.63, 3.8) is 0 Å². The van der Waals surface area contributed by atoms with Gasteiger partial charge in [-0.25, -0.2) is 9.78 Å². The second-order valence-corrected chi connectivity index (χ2v) is 6.93. The topological polar surface area (TPSA) is 67.3 Å². The summed E-state index contributed by atoms with van der Waals surface area (Å²) in [6.07, 6.45) is 3.01. The third-order valence-corrected chi connectivity index (χ3v) is 3.68. The Morgan fingerprint density at radius 2 is 2.23 bits per heavy atom. The lowest BCUT2D eigenvalue weighted by Gasteiger charge is -2.28. The molecule has 1 aliphatic rings. The van der Waals surface area contributed by atoms with Crippen LogP contribution >= 0.6 is 23.2 Å². The molecule has 1 aromatic heterocycles. The minimum Gasteiger partial charge on any atom is -0.444 e. The van der Waals surface area contributed by atoms with E-state index in [-0.39, 0.29) is 17.4 Å². The molecule has 6 nitrogen and oxygen atoms in total. The van der Waals surface area contributed by atoms with E-state index in [4.69, 9.17) is 27.9 Å². The Hall–Kier alpha value is -1.27. The SMILES string of the molecule is CC(C)(C)OC(=O)N1CCC[C@H]1CNc1nc(Cl)ncc1Cl. The van der Waals surface area contributed by atoms with Gasteiger partial charge in [-0.3, -0.25) is 0 Å². The minimum absolute atomic E-state index is 0.0413. The number of ether oxygens (including phenoxy) is 1. The van der Waals surface area contributed by atoms with Gasteiger partial charge in [-0.2, -0.15) is 4.98 Å². The van der Waals surface area contributed by atoms with Crippen LogP contribution < -0.4 is 5.32 Å². The molecule has 0 spiro atoms. The first-order valence-corrected chi connectivity index (χ1v) is 7.93. The number of hydrogen-bond acceptors (Lipinski definition) is 5. The predicted molar refractivity (Wildman–Crippen MR) is 86.5 cm³/mol. The highest BCUT2D eigenvalue weighted by molar-refractivity contribution is 6.33. The van der Waals surface area contributed by atoms with Crippen LogP contribution in [0.25, 0.3) is 0 Å². The van der Waals surface area contributed by atoms with Crippen LogP contribution in [0.15, 0.2) is 6.20 Å². The molecule has 0 aliphatic carbocycles. The second kappa shape index (κ2) is 6.87. The van der Waals surface area contributed by atoms with Gasteiger partial charge >= 0.3 is 6.09 Å². The molecule has 2 rings (SSSR count). The van der Waals surface area contributed by atoms with E-state index in [0.717, 1.165) is 12.8 Å². The van der Waals surface area contributed by atoms with E-state index in [1.165, 1.54) is 6.20 Å². The molecule has 0 saturated carbocycles. The van der Waals surface area contributed by atoms with Gasteiger partial charge in [0.15, 0.2) is 0 Å². The lowest BCUT2D eigenvalue weighted by atomic mass is 10.2. The predicted octanol–water partition coefficient (Wildman–Crippen LogP) is 3.59. The molecule has 1 aliphatic heterocycles. The van der Waals surface area contributed by atoms with Gasteiger partial charge in [0.25, 0.3) is 0 Å². The zero-order valence-electron chi connectivity index (χ0n) is 12.9. The summed E-state index contributed by atoms with van der Waals surface area (Å²) in [5.41, 5.74) is -0.499. The van der Waals surface area contributed by atoms with Crippen molar-refractivity contribution in [3.8, 4) is 0 Å². The monoisotopic (exact) mass is 346 g/mol. The summed E-state index contributed by atoms with van der Waals surface area (Å²) < 4.78 is 5.43. The number of nitrogens with zero attached hydrogens (tertiary/aromatic N) is 3. The molecule has 1 amide bonds. The van der Waals surface area contributed by atoms with E-state index < -0.39 is 5.60 Å². The quantitative estimate of drug-likeness (QED) is 0.847. The van der Waals surface area contributed by atoms with Crippen LogP contribution in [0.2, 0.25) is 10.3 Å². The maximum Gasteiger partial charge on any atom is 0.410 e. The minimum atomic E-state index is -0.499. The summed E-state index contributed by atoms with van der Waals surface area (Å²) >= 11 is 11.8. The van der Waals surface area contributed by atoms with E-state index in [1.807, 2.05) is 20.8 Å². The highest BCUT2D eigenvalue weighted by Gasteiger charge is 2.32. The number of hydrogen-bond donors (Lipinski definition) is 1. The summed E-state index contributed by atoms with van der Waals surface area (Å²) in [7, 11) is 0. The van der Waals surface area contributed by atoms with E-state index in [2.05, 4.69) is 15.3 Å². The van der Waals surface area contributed by atoms with Crippen molar-refractivity contribution >= 4 is 35.1 Å². The van der Waals surface area contributed by atoms with Gasteiger partial charge in [-0.05, 0) is 45.2 Å². The van der Waals surface area contributed by atoms with E-state index >= 15 is 0 Å². The van der Waals surface area contributed by atoms with Crippen LogP contribution in [-0.4, -0.2) is 45.7 Å². The molecule has 22 heavy (non-hydrogen) atoms. The van der Waals surface area contributed by atoms with Crippen molar-refractivity contribution in [2.75, 3.05) is 18.4 Å². The molecule has 1 fully saturated rings. The lowest BCUT2D eigenvalue weighted by molar-refractivity contribution is 0.0235. The summed E-state index contributed by atoms with van der Waals surface area (Å²) in [6, 6.07) is 0.0413. The van der Waals surface area contributed by atoms with Crippen LogP contribution in [0.5, 0.6) is 0 Å². The third kappa shape index (κ3) is 4.61. The molecule has 0 bridgehead atoms. The van der Waals surface area contributed by atoms with E-state index in [0.29, 0.717) is 23.9 Å². The Balaban J connectivity index is 1.97. The van der Waals surface area contributed by atoms with Crippen molar-refractivity contribution < 1.29 is 9.53 Å². The molecule has 8 heteroatoms. The highest BCUT2D eigenvalue weighted by Crippen LogP contribution is 2.23. The van der Waals surface area contributed by atoms with Crippen LogP contribution in [0.4, 0.5) is 10.6 Å². The van der Waals surface area contributed by atoms with Gasteiger partial charge < -0.3 is 15.0 Å². The Morgan fingerprint density at radius 1 is 1.50 bits per heavy atom. The first kappa shape index (κ1) is 17.1. The molecule has 1 saturated heterocycles. The van der Waals surface area contributed by atoms with Crippen molar-refractivity contribution in [2.45, 2.75) is 45.3 Å². The fourth-order valence-electron chi connectivity index (χ4n) is 2.29. The second-order valence-electron chi connectivity index (χ2n) is 6.19. The summed E-state index contributed by atoms with van der Waals surface area (Å²) in [5.74, 6) is 0.470. The zero-order chi connectivity index (χ0) is 16.3. The number of amides is 1. The summed E-state index contributed by atoms with van der Waals surface area (Å²) in [4.78, 5) is 21.8. The molecule has 122 valence electrons. The molecule has 2 heterocycles. The first-order valence-electron chi connectivity index (χ1n) is 7.18. The molecule has 0 aromatic carbocycles. The first-order chi connectivity index (χ1) is 10.3. The zero-order valence-corrected chi connectivity index (χ0v) is 14.4. The van der Waals surface area contributed by atoms with Crippen LogP contribution in [0.1, 0.15) is 33.6 Å². The number of carbonyl (C=O) groups excluding carboxylic acids is 1. The normalized spacial score (nSPS) is 18.4. The smallest absolute Gasteiger partial charge is 0.410 e. The Kier molecular flexibility index (Phi) is 5.34. The summed E-state index contributed by atoms with van der Waals surface area (Å²) in [5, 5.41) is 3.65. The summed E-state index contributed by atoms with van der Waals surface area (Å²) in [6.45, 7) is 6.80. The van der Waals surface area contributed by atoms with Crippen molar-refractivity contribution in [2.24, 2.45) is 0 Å². The fraction of sp³-hybridized carbons (Fsp3) is 0.643. The molecular weight excluding hydrogens is 327 g/mol. The number of halogens is 2. The Labute approximate surface area is 140 Å². The Bertz CT molecular complexity index is 548. The number of anilines is 1. The number of rotatable bonds is 3. The maximum atomic E-state index is 12.2. The van der Waals surface area contributed by atoms with Crippen molar-refractivity contribution in [1.29, 1.82) is 0 Å². The molecule has 0 radical (unpaired) electrons. The fourth-order valence-corrected chi connectivity index (χ4v) is 2.58. The molecule has 1 N–H and O–H groups in total. The average molecular weight is 347 g/mol. The standard InChI is InChI=1S/C14H20Cl2N4O2/c1-14(2,3)22-13(21)20-6-4-5-9(20)7-17-11-10(15)8-18-12(16)19-11/h8-9H,4-7H2,1-3H3,(H,17,18,19)/t9-/m0/s1. The molecule has 1 aromatic rings. The van der Waals surface area contributed by atoms with Gasteiger partial charge in [0.1, 0.15) is 16.4 Å². The van der Waals surface area contributed by atoms with Gasteiger partial charge in [0.05, 0.1) is 12.2 Å². The van der Waals surface area contributed by atoms with Gasteiger partial charge in [0, 0.05) is 13.1 Å². The van der Waals surface area contributed by atoms with Gasteiger partial charge in [-0.15, -0.1) is 0 Å². The number of likely N-dealkylation sites (tertiary alicyclic amines) is 1. The largest absolute Gasteiger partial charge is 0.444 e. The average Bonchev–Trinajstić information content (AvgIpc) is 2.86. The molecular formula is C14H20Cl2N4O2. The van der Waals surface area contributed by atoms with Gasteiger partial charge in [0.2, 0.25) is 5.28 Å².